The fourth-order valence-corrected chi connectivity index (χ4v) is 3.31. The molecule has 2 aromatic rings. The van der Waals surface area contributed by atoms with Gasteiger partial charge in [-0.15, -0.1) is 12.6 Å². The molecule has 1 aromatic carbocycles. The minimum atomic E-state index is 0.639. The Kier molecular flexibility index (Phi) is 3.65. The van der Waals surface area contributed by atoms with Gasteiger partial charge >= 0.3 is 0 Å². The quantitative estimate of drug-likeness (QED) is 0.618. The Bertz CT molecular complexity index is 606. The standard InChI is InChI=1S/C16H20N2S/c1-18-15-10-6-5-9-13(15)14(16(18)19)11-17-12-7-3-2-4-8-12/h5-6,9-12,19H,2-4,7-8H2,1H3/p+1. The average Bonchev–Trinajstić information content (AvgIpc) is 2.71. The number of aryl methyl sites for hydroxylation is 1. The number of hydrogen-bond acceptors (Lipinski definition) is 1. The summed E-state index contributed by atoms with van der Waals surface area (Å²) >= 11 is 4.66. The number of aromatic nitrogens is 1. The molecule has 19 heavy (non-hydrogen) atoms. The molecule has 0 saturated heterocycles. The van der Waals surface area contributed by atoms with E-state index in [1.807, 2.05) is 0 Å². The van der Waals surface area contributed by atoms with E-state index in [-0.39, 0.29) is 0 Å². The number of nitrogens with one attached hydrogen (secondary N) is 1. The molecule has 3 heteroatoms. The summed E-state index contributed by atoms with van der Waals surface area (Å²) in [4.78, 5) is 3.60. The van der Waals surface area contributed by atoms with Crippen LogP contribution in [0.3, 0.4) is 0 Å². The van der Waals surface area contributed by atoms with Gasteiger partial charge in [0.2, 0.25) is 0 Å². The van der Waals surface area contributed by atoms with Crippen molar-refractivity contribution < 1.29 is 4.99 Å². The zero-order valence-corrected chi connectivity index (χ0v) is 12.3. The second-order valence-corrected chi connectivity index (χ2v) is 5.88. The largest absolute Gasteiger partial charge is 0.338 e. The molecule has 2 nitrogen and oxygen atoms in total. The molecule has 100 valence electrons. The molecule has 0 bridgehead atoms. The molecule has 1 aliphatic rings. The Morgan fingerprint density at radius 1 is 1.21 bits per heavy atom. The second-order valence-electron chi connectivity index (χ2n) is 5.46. The van der Waals surface area contributed by atoms with Crippen LogP contribution in [0.15, 0.2) is 29.3 Å². The lowest BCUT2D eigenvalue weighted by Gasteiger charge is -2.12. The van der Waals surface area contributed by atoms with E-state index in [0.717, 1.165) is 5.03 Å². The molecule has 1 N–H and O–H groups in total. The number of rotatable bonds is 2. The van der Waals surface area contributed by atoms with Crippen molar-refractivity contribution in [1.82, 2.24) is 4.57 Å². The molecule has 0 amide bonds. The molecule has 1 fully saturated rings. The Morgan fingerprint density at radius 3 is 2.74 bits per heavy atom. The summed E-state index contributed by atoms with van der Waals surface area (Å²) in [6, 6.07) is 9.12. The van der Waals surface area contributed by atoms with Crippen molar-refractivity contribution in [2.24, 2.45) is 7.05 Å². The lowest BCUT2D eigenvalue weighted by Crippen LogP contribution is -2.76. The van der Waals surface area contributed by atoms with Crippen LogP contribution in [0.4, 0.5) is 0 Å². The molecule has 3 rings (SSSR count). The van der Waals surface area contributed by atoms with E-state index in [1.165, 1.54) is 48.6 Å². The predicted octanol–water partition coefficient (Wildman–Crippen LogP) is 2.30. The van der Waals surface area contributed by atoms with Crippen molar-refractivity contribution in [2.75, 3.05) is 0 Å². The van der Waals surface area contributed by atoms with Gasteiger partial charge in [0.05, 0.1) is 10.6 Å². The summed E-state index contributed by atoms with van der Waals surface area (Å²) in [6.07, 6.45) is 8.86. The van der Waals surface area contributed by atoms with Crippen LogP contribution in [0.5, 0.6) is 0 Å². The molecule has 0 radical (unpaired) electrons. The summed E-state index contributed by atoms with van der Waals surface area (Å²) in [7, 11) is 2.07. The minimum absolute atomic E-state index is 0.639. The number of benzene rings is 1. The molecule has 0 unspecified atom stereocenters. The zero-order chi connectivity index (χ0) is 13.2. The maximum absolute atomic E-state index is 4.66. The van der Waals surface area contributed by atoms with Crippen LogP contribution >= 0.6 is 12.6 Å². The highest BCUT2D eigenvalue weighted by atomic mass is 32.1. The summed E-state index contributed by atoms with van der Waals surface area (Å²) in [5, 5.41) is 2.31. The van der Waals surface area contributed by atoms with Crippen molar-refractivity contribution in [3.63, 3.8) is 0 Å². The maximum atomic E-state index is 4.66. The van der Waals surface area contributed by atoms with Gasteiger partial charge in [-0.2, -0.15) is 0 Å². The first kappa shape index (κ1) is 12.8. The van der Waals surface area contributed by atoms with E-state index in [2.05, 4.69) is 59.7 Å². The molecule has 1 aromatic heterocycles. The molecule has 0 atom stereocenters. The van der Waals surface area contributed by atoms with Gasteiger partial charge < -0.3 is 4.57 Å². The SMILES string of the molecule is Cn1c(S)c(C=[NH+]C2CCCCC2)c2ccccc21. The van der Waals surface area contributed by atoms with E-state index < -0.39 is 0 Å². The second kappa shape index (κ2) is 5.41. The van der Waals surface area contributed by atoms with Gasteiger partial charge in [0, 0.05) is 30.8 Å². The number of hydrogen-bond donors (Lipinski definition) is 2. The topological polar surface area (TPSA) is 18.9 Å². The minimum Gasteiger partial charge on any atom is -0.338 e. The summed E-state index contributed by atoms with van der Waals surface area (Å²) in [6.45, 7) is 0. The van der Waals surface area contributed by atoms with Crippen LogP contribution in [-0.2, 0) is 7.05 Å². The number of para-hydroxylation sites is 1. The van der Waals surface area contributed by atoms with Crippen LogP contribution in [0.1, 0.15) is 37.7 Å². The van der Waals surface area contributed by atoms with Gasteiger partial charge in [-0.1, -0.05) is 24.6 Å². The lowest BCUT2D eigenvalue weighted by atomic mass is 9.96. The summed E-state index contributed by atoms with van der Waals surface area (Å²) in [5.41, 5.74) is 2.45. The lowest BCUT2D eigenvalue weighted by molar-refractivity contribution is -0.502. The molecule has 0 aliphatic heterocycles. The summed E-state index contributed by atoms with van der Waals surface area (Å²) in [5.74, 6) is 0. The Labute approximate surface area is 119 Å². The third-order valence-corrected chi connectivity index (χ3v) is 4.72. The van der Waals surface area contributed by atoms with Crippen LogP contribution in [0.2, 0.25) is 0 Å². The number of nitrogens with zero attached hydrogens (tertiary/aromatic N) is 1. The zero-order valence-electron chi connectivity index (χ0n) is 11.4. The number of fused-ring (bicyclic) bond motifs is 1. The highest BCUT2D eigenvalue weighted by molar-refractivity contribution is 7.80. The average molecular weight is 273 g/mol. The van der Waals surface area contributed by atoms with E-state index >= 15 is 0 Å². The van der Waals surface area contributed by atoms with Crippen molar-refractivity contribution in [3.05, 3.63) is 29.8 Å². The van der Waals surface area contributed by atoms with E-state index in [9.17, 15) is 0 Å². The molecular formula is C16H21N2S+. The van der Waals surface area contributed by atoms with Gasteiger partial charge in [-0.05, 0) is 18.9 Å². The smallest absolute Gasteiger partial charge is 0.172 e. The third-order valence-electron chi connectivity index (χ3n) is 4.18. The van der Waals surface area contributed by atoms with Gasteiger partial charge in [-0.3, -0.25) is 0 Å². The van der Waals surface area contributed by atoms with Gasteiger partial charge in [0.25, 0.3) is 0 Å². The van der Waals surface area contributed by atoms with Crippen LogP contribution < -0.4 is 4.99 Å². The van der Waals surface area contributed by atoms with Crippen LogP contribution in [0, 0.1) is 0 Å². The van der Waals surface area contributed by atoms with E-state index in [4.69, 9.17) is 0 Å². The van der Waals surface area contributed by atoms with Crippen molar-refractivity contribution in [2.45, 2.75) is 43.2 Å². The fraction of sp³-hybridized carbons (Fsp3) is 0.438. The Hall–Kier alpha value is -1.22. The first-order valence-electron chi connectivity index (χ1n) is 7.13. The molecule has 1 heterocycles. The summed E-state index contributed by atoms with van der Waals surface area (Å²) < 4.78 is 2.15. The van der Waals surface area contributed by atoms with Gasteiger partial charge in [0.1, 0.15) is 0 Å². The van der Waals surface area contributed by atoms with Crippen molar-refractivity contribution in [1.29, 1.82) is 0 Å². The number of thiol groups is 1. The van der Waals surface area contributed by atoms with E-state index in [0.29, 0.717) is 6.04 Å². The van der Waals surface area contributed by atoms with Gasteiger partial charge in [-0.25, -0.2) is 4.99 Å². The van der Waals surface area contributed by atoms with Crippen molar-refractivity contribution in [3.8, 4) is 0 Å². The first-order chi connectivity index (χ1) is 9.27. The molecule has 1 saturated carbocycles. The predicted molar refractivity (Wildman–Crippen MR) is 83.2 cm³/mol. The van der Waals surface area contributed by atoms with Crippen LogP contribution in [-0.4, -0.2) is 16.8 Å². The highest BCUT2D eigenvalue weighted by Gasteiger charge is 2.17. The maximum Gasteiger partial charge on any atom is 0.172 e. The Balaban J connectivity index is 1.96. The molecular weight excluding hydrogens is 252 g/mol. The fourth-order valence-electron chi connectivity index (χ4n) is 3.02. The monoisotopic (exact) mass is 273 g/mol. The van der Waals surface area contributed by atoms with Crippen molar-refractivity contribution >= 4 is 29.7 Å². The first-order valence-corrected chi connectivity index (χ1v) is 7.58. The van der Waals surface area contributed by atoms with E-state index in [1.54, 1.807) is 0 Å². The molecule has 1 aliphatic carbocycles. The highest BCUT2D eigenvalue weighted by Crippen LogP contribution is 2.25. The molecule has 0 spiro atoms. The Morgan fingerprint density at radius 2 is 1.95 bits per heavy atom. The third kappa shape index (κ3) is 2.44. The van der Waals surface area contributed by atoms with Gasteiger partial charge in [0.15, 0.2) is 12.3 Å². The van der Waals surface area contributed by atoms with Crippen LogP contribution in [0.25, 0.3) is 10.9 Å². The normalized spacial score (nSPS) is 17.6.